The second-order valence-corrected chi connectivity index (χ2v) is 4.81. The van der Waals surface area contributed by atoms with E-state index in [1.54, 1.807) is 0 Å². The van der Waals surface area contributed by atoms with E-state index in [9.17, 15) is 13.2 Å². The standard InChI is InChI=1S/C9H9N3O4S/c10-8-5-9(13)12(11-8)6-3-1-2-4-7(6)17(14,15)16/h1-4H,5H2,(H2,10,11)(H,14,15,16). The first-order valence-corrected chi connectivity index (χ1v) is 6.06. The predicted molar refractivity (Wildman–Crippen MR) is 60.0 cm³/mol. The number of hydrazone groups is 1. The van der Waals surface area contributed by atoms with Gasteiger partial charge in [-0.1, -0.05) is 12.1 Å². The van der Waals surface area contributed by atoms with Crippen LogP contribution in [0.25, 0.3) is 0 Å². The number of carbonyl (C=O) groups is 1. The molecule has 0 unspecified atom stereocenters. The molecule has 1 aliphatic heterocycles. The van der Waals surface area contributed by atoms with E-state index in [2.05, 4.69) is 5.10 Å². The third-order valence-corrected chi connectivity index (χ3v) is 3.07. The van der Waals surface area contributed by atoms with Gasteiger partial charge >= 0.3 is 0 Å². The fraction of sp³-hybridized carbons (Fsp3) is 0.111. The van der Waals surface area contributed by atoms with E-state index in [4.69, 9.17) is 10.3 Å². The summed E-state index contributed by atoms with van der Waals surface area (Å²) >= 11 is 0. The van der Waals surface area contributed by atoms with Crippen LogP contribution in [-0.2, 0) is 14.9 Å². The third-order valence-electron chi connectivity index (χ3n) is 2.17. The quantitative estimate of drug-likeness (QED) is 0.719. The minimum Gasteiger partial charge on any atom is -0.385 e. The molecule has 0 radical (unpaired) electrons. The summed E-state index contributed by atoms with van der Waals surface area (Å²) in [5.41, 5.74) is 5.37. The molecule has 90 valence electrons. The molecule has 2 rings (SSSR count). The van der Waals surface area contributed by atoms with Gasteiger partial charge in [-0.2, -0.15) is 18.5 Å². The van der Waals surface area contributed by atoms with Gasteiger partial charge in [-0.25, -0.2) is 0 Å². The first-order valence-electron chi connectivity index (χ1n) is 4.62. The van der Waals surface area contributed by atoms with Crippen LogP contribution in [0.5, 0.6) is 0 Å². The van der Waals surface area contributed by atoms with Crippen molar-refractivity contribution in [2.24, 2.45) is 10.8 Å². The van der Waals surface area contributed by atoms with Crippen LogP contribution in [0.4, 0.5) is 5.69 Å². The summed E-state index contributed by atoms with van der Waals surface area (Å²) in [6, 6.07) is 5.51. The Balaban J connectivity index is 2.58. The third kappa shape index (κ3) is 2.12. The number of para-hydroxylation sites is 1. The molecule has 8 heteroatoms. The van der Waals surface area contributed by atoms with Crippen LogP contribution in [0.3, 0.4) is 0 Å². The minimum atomic E-state index is -4.42. The van der Waals surface area contributed by atoms with Crippen molar-refractivity contribution in [3.8, 4) is 0 Å². The van der Waals surface area contributed by atoms with Crippen LogP contribution >= 0.6 is 0 Å². The van der Waals surface area contributed by atoms with E-state index in [0.717, 1.165) is 5.01 Å². The van der Waals surface area contributed by atoms with Crippen molar-refractivity contribution >= 4 is 27.5 Å². The Kier molecular flexibility index (Phi) is 2.60. The highest BCUT2D eigenvalue weighted by molar-refractivity contribution is 7.86. The van der Waals surface area contributed by atoms with Crippen LogP contribution < -0.4 is 10.7 Å². The van der Waals surface area contributed by atoms with Gasteiger partial charge in [0.1, 0.15) is 10.7 Å². The number of amidine groups is 1. The molecular weight excluding hydrogens is 246 g/mol. The van der Waals surface area contributed by atoms with Crippen molar-refractivity contribution in [3.63, 3.8) is 0 Å². The van der Waals surface area contributed by atoms with E-state index < -0.39 is 16.0 Å². The second-order valence-electron chi connectivity index (χ2n) is 3.42. The van der Waals surface area contributed by atoms with Crippen molar-refractivity contribution in [1.82, 2.24) is 0 Å². The summed E-state index contributed by atoms with van der Waals surface area (Å²) in [7, 11) is -4.42. The molecule has 7 nitrogen and oxygen atoms in total. The van der Waals surface area contributed by atoms with Gasteiger partial charge in [0, 0.05) is 0 Å². The lowest BCUT2D eigenvalue weighted by atomic mass is 10.3. The number of hydrogen-bond donors (Lipinski definition) is 2. The van der Waals surface area contributed by atoms with E-state index in [0.29, 0.717) is 0 Å². The summed E-state index contributed by atoms with van der Waals surface area (Å²) in [6.07, 6.45) is -0.0696. The average Bonchev–Trinajstić information content (AvgIpc) is 2.56. The van der Waals surface area contributed by atoms with E-state index in [1.165, 1.54) is 24.3 Å². The molecule has 1 heterocycles. The Bertz CT molecular complexity index is 608. The molecule has 0 fully saturated rings. The molecule has 0 saturated heterocycles. The van der Waals surface area contributed by atoms with Crippen molar-refractivity contribution in [2.45, 2.75) is 11.3 Å². The number of amides is 1. The minimum absolute atomic E-state index is 0.0135. The lowest BCUT2D eigenvalue weighted by Crippen LogP contribution is -2.21. The molecule has 0 aromatic heterocycles. The van der Waals surface area contributed by atoms with E-state index in [1.807, 2.05) is 0 Å². The van der Waals surface area contributed by atoms with Gasteiger partial charge in [0.2, 0.25) is 0 Å². The van der Waals surface area contributed by atoms with Gasteiger partial charge < -0.3 is 5.73 Å². The maximum atomic E-state index is 11.5. The number of carbonyl (C=O) groups excluding carboxylic acids is 1. The van der Waals surface area contributed by atoms with Gasteiger partial charge in [0.15, 0.2) is 0 Å². The average molecular weight is 255 g/mol. The molecule has 1 amide bonds. The SMILES string of the molecule is NC1=NN(c2ccccc2S(=O)(=O)O)C(=O)C1. The first-order chi connectivity index (χ1) is 7.89. The first kappa shape index (κ1) is 11.6. The molecular formula is C9H9N3O4S. The molecule has 1 aromatic rings. The maximum absolute atomic E-state index is 11.5. The van der Waals surface area contributed by atoms with Gasteiger partial charge in [0.25, 0.3) is 16.0 Å². The summed E-state index contributed by atoms with van der Waals surface area (Å²) in [4.78, 5) is 11.1. The maximum Gasteiger partial charge on any atom is 0.296 e. The van der Waals surface area contributed by atoms with Crippen LogP contribution in [0.2, 0.25) is 0 Å². The Morgan fingerprint density at radius 2 is 2.00 bits per heavy atom. The number of nitrogens with two attached hydrogens (primary N) is 1. The van der Waals surface area contributed by atoms with Gasteiger partial charge in [0.05, 0.1) is 12.1 Å². The molecule has 0 aliphatic carbocycles. The Morgan fingerprint density at radius 1 is 1.35 bits per heavy atom. The zero-order chi connectivity index (χ0) is 12.6. The molecule has 1 aliphatic rings. The number of anilines is 1. The van der Waals surface area contributed by atoms with Crippen molar-refractivity contribution in [2.75, 3.05) is 5.01 Å². The predicted octanol–water partition coefficient (Wildman–Crippen LogP) is -0.0578. The Morgan fingerprint density at radius 3 is 2.53 bits per heavy atom. The van der Waals surface area contributed by atoms with Crippen LogP contribution in [-0.4, -0.2) is 24.7 Å². The smallest absolute Gasteiger partial charge is 0.296 e. The molecule has 1 aromatic carbocycles. The molecule has 17 heavy (non-hydrogen) atoms. The number of benzene rings is 1. The highest BCUT2D eigenvalue weighted by atomic mass is 32.2. The largest absolute Gasteiger partial charge is 0.385 e. The topological polar surface area (TPSA) is 113 Å². The van der Waals surface area contributed by atoms with Gasteiger partial charge in [-0.3, -0.25) is 9.35 Å². The Hall–Kier alpha value is -1.93. The summed E-state index contributed by atoms with van der Waals surface area (Å²) in [5, 5.41) is 4.59. The van der Waals surface area contributed by atoms with E-state index in [-0.39, 0.29) is 22.8 Å². The lowest BCUT2D eigenvalue weighted by molar-refractivity contribution is -0.116. The fourth-order valence-corrected chi connectivity index (χ4v) is 2.16. The fourth-order valence-electron chi connectivity index (χ4n) is 1.49. The monoisotopic (exact) mass is 255 g/mol. The zero-order valence-corrected chi connectivity index (χ0v) is 9.38. The number of hydrogen-bond acceptors (Lipinski definition) is 5. The second kappa shape index (κ2) is 3.82. The zero-order valence-electron chi connectivity index (χ0n) is 8.57. The summed E-state index contributed by atoms with van der Waals surface area (Å²) in [6.45, 7) is 0. The molecule has 0 saturated carbocycles. The Labute approximate surface area is 97.3 Å². The van der Waals surface area contributed by atoms with Crippen molar-refractivity contribution in [3.05, 3.63) is 24.3 Å². The normalized spacial score (nSPS) is 16.2. The molecule has 0 spiro atoms. The number of nitrogens with zero attached hydrogens (tertiary/aromatic N) is 2. The highest BCUT2D eigenvalue weighted by Crippen LogP contribution is 2.27. The van der Waals surface area contributed by atoms with Gasteiger partial charge in [-0.05, 0) is 12.1 Å². The highest BCUT2D eigenvalue weighted by Gasteiger charge is 2.28. The van der Waals surface area contributed by atoms with Crippen LogP contribution in [0.15, 0.2) is 34.3 Å². The van der Waals surface area contributed by atoms with E-state index >= 15 is 0 Å². The van der Waals surface area contributed by atoms with Gasteiger partial charge in [-0.15, -0.1) is 0 Å². The number of rotatable bonds is 2. The van der Waals surface area contributed by atoms with Crippen molar-refractivity contribution < 1.29 is 17.8 Å². The van der Waals surface area contributed by atoms with Crippen LogP contribution in [0.1, 0.15) is 6.42 Å². The van der Waals surface area contributed by atoms with Crippen molar-refractivity contribution in [1.29, 1.82) is 0 Å². The lowest BCUT2D eigenvalue weighted by Gasteiger charge is -2.14. The summed E-state index contributed by atoms with van der Waals surface area (Å²) < 4.78 is 31.3. The molecule has 3 N–H and O–H groups in total. The molecule has 0 bridgehead atoms. The molecule has 0 atom stereocenters. The van der Waals surface area contributed by atoms with Crippen LogP contribution in [0, 0.1) is 0 Å². The summed E-state index contributed by atoms with van der Waals surface area (Å²) in [5.74, 6) is -0.348.